The summed E-state index contributed by atoms with van der Waals surface area (Å²) in [6.07, 6.45) is 13.9. The lowest BCUT2D eigenvalue weighted by molar-refractivity contribution is -0.136. The van der Waals surface area contributed by atoms with Crippen molar-refractivity contribution in [2.75, 3.05) is 0 Å². The Labute approximate surface area is 209 Å². The minimum absolute atomic E-state index is 0.121. The molecule has 2 heterocycles. The average Bonchev–Trinajstić information content (AvgIpc) is 3.08. The molecule has 6 heteroatoms. The van der Waals surface area contributed by atoms with E-state index >= 15 is 0 Å². The second kappa shape index (κ2) is 9.34. The van der Waals surface area contributed by atoms with Crippen LogP contribution in [0.25, 0.3) is 0 Å². The molecular weight excluding hydrogens is 438 g/mol. The Hall–Kier alpha value is -2.21. The number of hydrogen-bond acceptors (Lipinski definition) is 4. The Morgan fingerprint density at radius 1 is 0.971 bits per heavy atom. The molecular formula is C29H41N3O3. The molecule has 3 saturated carbocycles. The summed E-state index contributed by atoms with van der Waals surface area (Å²) in [6.45, 7) is 7.28. The standard InChI is InChI=1S/C15H27N.C14H14N2O3/c1-14(2)10-15(11-14)8-13(9-15)16-12-6-4-3-5-7-12;1-8-2-3-10-9(6-8)7-16(14(10)19)11-4-5-12(17)15-13(11)18/h12-13,16H,3-11H2,1-2H3;2-3,6,11H,4-5,7H2,1H3,(H,15,17,18). The Morgan fingerprint density at radius 3 is 2.34 bits per heavy atom. The molecule has 1 aromatic carbocycles. The van der Waals surface area contributed by atoms with Gasteiger partial charge in [-0.25, -0.2) is 0 Å². The molecule has 2 N–H and O–H groups in total. The van der Waals surface area contributed by atoms with Crippen molar-refractivity contribution in [3.05, 3.63) is 34.9 Å². The molecule has 1 aromatic rings. The summed E-state index contributed by atoms with van der Waals surface area (Å²) < 4.78 is 0. The summed E-state index contributed by atoms with van der Waals surface area (Å²) >= 11 is 0. The third kappa shape index (κ3) is 5.18. The Morgan fingerprint density at radius 2 is 1.69 bits per heavy atom. The molecule has 5 aliphatic rings. The van der Waals surface area contributed by atoms with Gasteiger partial charge in [-0.05, 0) is 74.3 Å². The Balaban J connectivity index is 0.000000147. The van der Waals surface area contributed by atoms with E-state index in [1.165, 1.54) is 57.8 Å². The van der Waals surface area contributed by atoms with E-state index in [1.54, 1.807) is 11.0 Å². The van der Waals surface area contributed by atoms with Gasteiger partial charge >= 0.3 is 0 Å². The second-order valence-corrected chi connectivity index (χ2v) is 12.7. The zero-order valence-corrected chi connectivity index (χ0v) is 21.6. The van der Waals surface area contributed by atoms with Crippen LogP contribution in [0.1, 0.15) is 106 Å². The van der Waals surface area contributed by atoms with E-state index in [2.05, 4.69) is 24.5 Å². The summed E-state index contributed by atoms with van der Waals surface area (Å²) in [5, 5.41) is 6.20. The number of carbonyl (C=O) groups excluding carboxylic acids is 3. The van der Waals surface area contributed by atoms with Crippen LogP contribution in [0.4, 0.5) is 0 Å². The minimum Gasteiger partial charge on any atom is -0.322 e. The second-order valence-electron chi connectivity index (χ2n) is 12.7. The molecule has 4 fully saturated rings. The molecule has 1 atom stereocenters. The van der Waals surface area contributed by atoms with Gasteiger partial charge in [0.15, 0.2) is 0 Å². The van der Waals surface area contributed by atoms with Gasteiger partial charge in [0.1, 0.15) is 6.04 Å². The quantitative estimate of drug-likeness (QED) is 0.620. The van der Waals surface area contributed by atoms with Crippen molar-refractivity contribution < 1.29 is 14.4 Å². The molecule has 6 nitrogen and oxygen atoms in total. The van der Waals surface area contributed by atoms with Crippen molar-refractivity contribution in [2.24, 2.45) is 10.8 Å². The lowest BCUT2D eigenvalue weighted by atomic mass is 9.45. The molecule has 3 amide bonds. The molecule has 1 spiro atoms. The Bertz CT molecular complexity index is 994. The largest absolute Gasteiger partial charge is 0.322 e. The number of amides is 3. The van der Waals surface area contributed by atoms with Crippen LogP contribution in [0.2, 0.25) is 0 Å². The van der Waals surface area contributed by atoms with Crippen molar-refractivity contribution in [1.82, 2.24) is 15.5 Å². The molecule has 3 aliphatic carbocycles. The van der Waals surface area contributed by atoms with Gasteiger partial charge in [0.25, 0.3) is 5.91 Å². The first kappa shape index (κ1) is 24.5. The van der Waals surface area contributed by atoms with Crippen molar-refractivity contribution >= 4 is 17.7 Å². The number of imide groups is 1. The Kier molecular flexibility index (Phi) is 6.54. The average molecular weight is 480 g/mol. The van der Waals surface area contributed by atoms with E-state index in [0.29, 0.717) is 23.9 Å². The van der Waals surface area contributed by atoms with Crippen molar-refractivity contribution in [3.8, 4) is 0 Å². The van der Waals surface area contributed by atoms with E-state index in [9.17, 15) is 14.4 Å². The summed E-state index contributed by atoms with van der Waals surface area (Å²) in [4.78, 5) is 36.8. The molecule has 0 aromatic heterocycles. The van der Waals surface area contributed by atoms with Gasteiger partial charge in [-0.1, -0.05) is 50.8 Å². The molecule has 190 valence electrons. The van der Waals surface area contributed by atoms with Crippen LogP contribution in [-0.2, 0) is 16.1 Å². The third-order valence-corrected chi connectivity index (χ3v) is 8.82. The van der Waals surface area contributed by atoms with Crippen molar-refractivity contribution in [1.29, 1.82) is 0 Å². The van der Waals surface area contributed by atoms with Gasteiger partial charge in [0.05, 0.1) is 0 Å². The normalized spacial score (nSPS) is 27.5. The number of carbonyl (C=O) groups is 3. The third-order valence-electron chi connectivity index (χ3n) is 8.82. The molecule has 1 saturated heterocycles. The van der Waals surface area contributed by atoms with Gasteiger partial charge in [-0.2, -0.15) is 0 Å². The summed E-state index contributed by atoms with van der Waals surface area (Å²) in [6, 6.07) is 6.88. The molecule has 35 heavy (non-hydrogen) atoms. The van der Waals surface area contributed by atoms with Crippen LogP contribution in [0.5, 0.6) is 0 Å². The van der Waals surface area contributed by atoms with Gasteiger partial charge in [-0.15, -0.1) is 0 Å². The molecule has 6 rings (SSSR count). The first-order valence-corrected chi connectivity index (χ1v) is 13.6. The highest BCUT2D eigenvalue weighted by atomic mass is 16.2. The zero-order valence-electron chi connectivity index (χ0n) is 21.6. The van der Waals surface area contributed by atoms with E-state index in [-0.39, 0.29) is 24.1 Å². The number of fused-ring (bicyclic) bond motifs is 1. The van der Waals surface area contributed by atoms with Crippen molar-refractivity contribution in [2.45, 2.75) is 116 Å². The van der Waals surface area contributed by atoms with Crippen LogP contribution in [0, 0.1) is 17.8 Å². The molecule has 1 unspecified atom stereocenters. The maximum atomic E-state index is 12.3. The summed E-state index contributed by atoms with van der Waals surface area (Å²) in [5.41, 5.74) is 4.16. The summed E-state index contributed by atoms with van der Waals surface area (Å²) in [7, 11) is 0. The number of hydrogen-bond donors (Lipinski definition) is 2. The highest BCUT2D eigenvalue weighted by Gasteiger charge is 2.56. The number of nitrogens with one attached hydrogen (secondary N) is 2. The minimum atomic E-state index is -0.530. The smallest absolute Gasteiger partial charge is 0.255 e. The number of benzene rings is 1. The fourth-order valence-corrected chi connectivity index (χ4v) is 7.68. The van der Waals surface area contributed by atoms with Gasteiger partial charge in [0, 0.05) is 30.6 Å². The SMILES string of the molecule is CC1(C)CC2(CC(NC3CCCCC3)C2)C1.Cc1ccc2c(c1)CN(C1CCC(=O)NC1=O)C2=O. The van der Waals surface area contributed by atoms with E-state index in [1.807, 2.05) is 19.1 Å². The first-order valence-electron chi connectivity index (χ1n) is 13.6. The van der Waals surface area contributed by atoms with E-state index < -0.39 is 6.04 Å². The predicted octanol–water partition coefficient (Wildman–Crippen LogP) is 4.63. The maximum absolute atomic E-state index is 12.3. The molecule has 0 radical (unpaired) electrons. The lowest BCUT2D eigenvalue weighted by Crippen LogP contribution is -2.59. The fraction of sp³-hybridized carbons (Fsp3) is 0.690. The first-order chi connectivity index (χ1) is 16.6. The highest BCUT2D eigenvalue weighted by molar-refractivity contribution is 6.05. The monoisotopic (exact) mass is 479 g/mol. The maximum Gasteiger partial charge on any atom is 0.255 e. The van der Waals surface area contributed by atoms with Gasteiger partial charge in [-0.3, -0.25) is 19.7 Å². The van der Waals surface area contributed by atoms with Crippen LogP contribution in [0.3, 0.4) is 0 Å². The lowest BCUT2D eigenvalue weighted by Gasteiger charge is -2.62. The topological polar surface area (TPSA) is 78.5 Å². The molecule has 0 bridgehead atoms. The van der Waals surface area contributed by atoms with E-state index in [4.69, 9.17) is 0 Å². The van der Waals surface area contributed by atoms with E-state index in [0.717, 1.165) is 28.6 Å². The predicted molar refractivity (Wildman–Crippen MR) is 136 cm³/mol. The summed E-state index contributed by atoms with van der Waals surface area (Å²) in [5.74, 6) is -0.750. The van der Waals surface area contributed by atoms with Crippen molar-refractivity contribution in [3.63, 3.8) is 0 Å². The zero-order chi connectivity index (χ0) is 24.8. The van der Waals surface area contributed by atoms with Gasteiger partial charge in [0.2, 0.25) is 11.8 Å². The van der Waals surface area contributed by atoms with Gasteiger partial charge < -0.3 is 10.2 Å². The molecule has 2 aliphatic heterocycles. The van der Waals surface area contributed by atoms with Crippen LogP contribution < -0.4 is 10.6 Å². The van der Waals surface area contributed by atoms with Crippen LogP contribution in [-0.4, -0.2) is 40.7 Å². The highest BCUT2D eigenvalue weighted by Crippen LogP contribution is 2.64. The number of nitrogens with zero attached hydrogens (tertiary/aromatic N) is 1. The number of rotatable bonds is 3. The van der Waals surface area contributed by atoms with Crippen LogP contribution >= 0.6 is 0 Å². The number of piperidine rings is 1. The fourth-order valence-electron chi connectivity index (χ4n) is 7.68. The number of aryl methyl sites for hydroxylation is 1. The van der Waals surface area contributed by atoms with Crippen LogP contribution in [0.15, 0.2) is 18.2 Å².